The number of aryl methyl sites for hydroxylation is 2. The van der Waals surface area contributed by atoms with Crippen LogP contribution in [-0.2, 0) is 14.3 Å². The van der Waals surface area contributed by atoms with E-state index in [1.54, 1.807) is 0 Å². The minimum atomic E-state index is -0.514. The SMILES string of the molecule is COC(=O)C1=C(Nc2ccc(C)c(C)c2)SCC1=C=O. The summed E-state index contributed by atoms with van der Waals surface area (Å²) in [5, 5.41) is 3.82. The Bertz CT molecular complexity index is 643. The van der Waals surface area contributed by atoms with Crippen LogP contribution in [0.25, 0.3) is 0 Å². The first-order valence-corrected chi connectivity index (χ1v) is 7.09. The van der Waals surface area contributed by atoms with E-state index in [2.05, 4.69) is 5.32 Å². The lowest BCUT2D eigenvalue weighted by atomic mass is 10.1. The van der Waals surface area contributed by atoms with Crippen molar-refractivity contribution in [3.8, 4) is 0 Å². The highest BCUT2D eigenvalue weighted by Crippen LogP contribution is 2.35. The zero-order chi connectivity index (χ0) is 14.7. The molecule has 104 valence electrons. The first-order valence-electron chi connectivity index (χ1n) is 6.11. The molecule has 0 spiro atoms. The van der Waals surface area contributed by atoms with Crippen LogP contribution in [0.4, 0.5) is 5.69 Å². The van der Waals surface area contributed by atoms with Crippen molar-refractivity contribution in [2.45, 2.75) is 13.8 Å². The summed E-state index contributed by atoms with van der Waals surface area (Å²) >= 11 is 1.40. The standard InChI is InChI=1S/C15H15NO3S/c1-9-4-5-12(6-10(9)2)16-14-13(15(18)19-3)11(7-17)8-20-14/h4-6,16H,8H2,1-3H3. The van der Waals surface area contributed by atoms with Crippen molar-refractivity contribution < 1.29 is 14.3 Å². The predicted octanol–water partition coefficient (Wildman–Crippen LogP) is 2.60. The van der Waals surface area contributed by atoms with Crippen molar-refractivity contribution in [3.63, 3.8) is 0 Å². The van der Waals surface area contributed by atoms with Crippen LogP contribution in [-0.4, -0.2) is 24.8 Å². The normalized spacial score (nSPS) is 14.2. The molecule has 0 aliphatic carbocycles. The van der Waals surface area contributed by atoms with E-state index in [4.69, 9.17) is 4.74 Å². The third kappa shape index (κ3) is 2.79. The average molecular weight is 289 g/mol. The molecular formula is C15H15NO3S. The molecule has 0 atom stereocenters. The number of nitrogens with one attached hydrogen (secondary N) is 1. The van der Waals surface area contributed by atoms with E-state index in [0.717, 1.165) is 11.3 Å². The number of rotatable bonds is 3. The molecule has 0 aromatic heterocycles. The summed E-state index contributed by atoms with van der Waals surface area (Å²) in [6.07, 6.45) is 0. The van der Waals surface area contributed by atoms with E-state index in [1.807, 2.05) is 38.0 Å². The Kier molecular flexibility index (Phi) is 4.32. The van der Waals surface area contributed by atoms with Gasteiger partial charge >= 0.3 is 5.97 Å². The number of ether oxygens (including phenoxy) is 1. The Balaban J connectivity index is 2.36. The fraction of sp³-hybridized carbons (Fsp3) is 0.267. The fourth-order valence-corrected chi connectivity index (χ4v) is 2.91. The summed E-state index contributed by atoms with van der Waals surface area (Å²) < 4.78 is 4.73. The van der Waals surface area contributed by atoms with E-state index in [1.165, 1.54) is 24.4 Å². The lowest BCUT2D eigenvalue weighted by Gasteiger charge is -2.10. The lowest BCUT2D eigenvalue weighted by molar-refractivity contribution is -0.135. The van der Waals surface area contributed by atoms with Crippen molar-refractivity contribution in [1.29, 1.82) is 0 Å². The molecule has 1 heterocycles. The topological polar surface area (TPSA) is 55.4 Å². The molecule has 0 saturated carbocycles. The summed E-state index contributed by atoms with van der Waals surface area (Å²) in [5.74, 6) is 1.73. The molecule has 1 aliphatic heterocycles. The van der Waals surface area contributed by atoms with Gasteiger partial charge in [0.1, 0.15) is 11.5 Å². The van der Waals surface area contributed by atoms with Crippen LogP contribution in [0.15, 0.2) is 34.4 Å². The van der Waals surface area contributed by atoms with Crippen LogP contribution in [0, 0.1) is 13.8 Å². The maximum Gasteiger partial charge on any atom is 0.341 e. The molecule has 1 aromatic rings. The number of anilines is 1. The largest absolute Gasteiger partial charge is 0.465 e. The van der Waals surface area contributed by atoms with Gasteiger partial charge in [-0.25, -0.2) is 9.59 Å². The monoisotopic (exact) mass is 289 g/mol. The highest BCUT2D eigenvalue weighted by molar-refractivity contribution is 8.03. The Morgan fingerprint density at radius 1 is 1.35 bits per heavy atom. The molecule has 0 amide bonds. The van der Waals surface area contributed by atoms with Crippen molar-refractivity contribution in [3.05, 3.63) is 45.5 Å². The molecule has 4 nitrogen and oxygen atoms in total. The fourth-order valence-electron chi connectivity index (χ4n) is 1.87. The second-order valence-electron chi connectivity index (χ2n) is 4.49. The van der Waals surface area contributed by atoms with E-state index >= 15 is 0 Å². The van der Waals surface area contributed by atoms with Gasteiger partial charge in [0.05, 0.1) is 17.7 Å². The van der Waals surface area contributed by atoms with Crippen molar-refractivity contribution in [2.24, 2.45) is 0 Å². The third-order valence-electron chi connectivity index (χ3n) is 3.17. The Labute approximate surface area is 121 Å². The first kappa shape index (κ1) is 14.4. The molecule has 5 heteroatoms. The number of hydrogen-bond donors (Lipinski definition) is 1. The first-order chi connectivity index (χ1) is 9.56. The van der Waals surface area contributed by atoms with Crippen LogP contribution in [0.5, 0.6) is 0 Å². The molecule has 1 N–H and O–H groups in total. The number of hydrogen-bond acceptors (Lipinski definition) is 5. The Morgan fingerprint density at radius 3 is 2.70 bits per heavy atom. The number of thioether (sulfide) groups is 1. The molecule has 0 saturated heterocycles. The van der Waals surface area contributed by atoms with E-state index < -0.39 is 5.97 Å². The van der Waals surface area contributed by atoms with E-state index in [-0.39, 0.29) is 5.57 Å². The van der Waals surface area contributed by atoms with E-state index in [9.17, 15) is 9.59 Å². The van der Waals surface area contributed by atoms with Gasteiger partial charge in [-0.2, -0.15) is 0 Å². The van der Waals surface area contributed by atoms with Gasteiger partial charge in [0.25, 0.3) is 0 Å². The average Bonchev–Trinajstić information content (AvgIpc) is 2.85. The maximum atomic E-state index is 11.8. The van der Waals surface area contributed by atoms with Crippen LogP contribution < -0.4 is 5.32 Å². The summed E-state index contributed by atoms with van der Waals surface area (Å²) in [6, 6.07) is 5.94. The zero-order valence-electron chi connectivity index (χ0n) is 11.6. The van der Waals surface area contributed by atoms with Gasteiger partial charge in [-0.1, -0.05) is 6.07 Å². The van der Waals surface area contributed by atoms with Crippen LogP contribution in [0.3, 0.4) is 0 Å². The van der Waals surface area contributed by atoms with Crippen LogP contribution >= 0.6 is 11.8 Å². The van der Waals surface area contributed by atoms with Crippen LogP contribution in [0.2, 0.25) is 0 Å². The highest BCUT2D eigenvalue weighted by Gasteiger charge is 2.28. The van der Waals surface area contributed by atoms with Gasteiger partial charge in [-0.05, 0) is 37.1 Å². The van der Waals surface area contributed by atoms with Crippen molar-refractivity contribution in [2.75, 3.05) is 18.2 Å². The maximum absolute atomic E-state index is 11.8. The minimum absolute atomic E-state index is 0.283. The van der Waals surface area contributed by atoms with Gasteiger partial charge in [0.2, 0.25) is 0 Å². The quantitative estimate of drug-likeness (QED) is 0.684. The molecular weight excluding hydrogens is 274 g/mol. The molecule has 1 aliphatic rings. The van der Waals surface area contributed by atoms with Gasteiger partial charge < -0.3 is 10.1 Å². The molecule has 1 aromatic carbocycles. The summed E-state index contributed by atoms with van der Waals surface area (Å²) in [7, 11) is 1.30. The molecule has 0 unspecified atom stereocenters. The number of methoxy groups -OCH3 is 1. The second kappa shape index (κ2) is 5.99. The number of carbonyl (C=O) groups is 1. The Hall–Kier alpha value is -1.97. The van der Waals surface area contributed by atoms with Gasteiger partial charge in [0.15, 0.2) is 0 Å². The summed E-state index contributed by atoms with van der Waals surface area (Å²) in [6.45, 7) is 4.06. The second-order valence-corrected chi connectivity index (χ2v) is 5.47. The predicted molar refractivity (Wildman–Crippen MR) is 80.2 cm³/mol. The number of carbonyl (C=O) groups excluding carboxylic acids is 2. The zero-order valence-corrected chi connectivity index (χ0v) is 12.4. The van der Waals surface area contributed by atoms with Crippen molar-refractivity contribution >= 4 is 29.4 Å². The van der Waals surface area contributed by atoms with Gasteiger partial charge in [-0.15, -0.1) is 11.8 Å². The highest BCUT2D eigenvalue weighted by atomic mass is 32.2. The van der Waals surface area contributed by atoms with Crippen molar-refractivity contribution in [1.82, 2.24) is 0 Å². The Morgan fingerprint density at radius 2 is 2.10 bits per heavy atom. The molecule has 2 rings (SSSR count). The molecule has 0 fully saturated rings. The summed E-state index contributed by atoms with van der Waals surface area (Å²) in [4.78, 5) is 22.7. The third-order valence-corrected chi connectivity index (χ3v) is 4.20. The van der Waals surface area contributed by atoms with Gasteiger partial charge in [-0.3, -0.25) is 0 Å². The smallest absolute Gasteiger partial charge is 0.341 e. The molecule has 20 heavy (non-hydrogen) atoms. The van der Waals surface area contributed by atoms with Gasteiger partial charge in [0, 0.05) is 11.4 Å². The molecule has 0 radical (unpaired) electrons. The minimum Gasteiger partial charge on any atom is -0.465 e. The number of benzene rings is 1. The lowest BCUT2D eigenvalue weighted by Crippen LogP contribution is -2.10. The number of esters is 1. The van der Waals surface area contributed by atoms with Crippen LogP contribution in [0.1, 0.15) is 11.1 Å². The summed E-state index contributed by atoms with van der Waals surface area (Å²) in [5.41, 5.74) is 3.86. The van der Waals surface area contributed by atoms with E-state index in [0.29, 0.717) is 16.4 Å². The molecule has 0 bridgehead atoms.